The quantitative estimate of drug-likeness (QED) is 0.767. The van der Waals surface area contributed by atoms with Crippen LogP contribution in [0.4, 0.5) is 0 Å². The molecule has 2 heteroatoms. The van der Waals surface area contributed by atoms with Gasteiger partial charge in [0.25, 0.3) is 0 Å². The molecule has 0 radical (unpaired) electrons. The van der Waals surface area contributed by atoms with Crippen molar-refractivity contribution in [1.29, 1.82) is 0 Å². The molecule has 0 aromatic rings. The van der Waals surface area contributed by atoms with E-state index in [1.165, 1.54) is 51.9 Å². The number of likely N-dealkylation sites (tertiary alicyclic amines) is 1. The average Bonchev–Trinajstić information content (AvgIpc) is 2.68. The summed E-state index contributed by atoms with van der Waals surface area (Å²) in [7, 11) is 0. The molecule has 0 bridgehead atoms. The van der Waals surface area contributed by atoms with Gasteiger partial charge in [-0.2, -0.15) is 0 Å². The van der Waals surface area contributed by atoms with Gasteiger partial charge in [0.2, 0.25) is 0 Å². The fourth-order valence-electron chi connectivity index (χ4n) is 2.96. The van der Waals surface area contributed by atoms with Crippen molar-refractivity contribution in [3.05, 3.63) is 0 Å². The van der Waals surface area contributed by atoms with Crippen molar-refractivity contribution in [1.82, 2.24) is 10.2 Å². The van der Waals surface area contributed by atoms with Gasteiger partial charge in [0.05, 0.1) is 0 Å². The lowest BCUT2D eigenvalue weighted by atomic mass is 9.95. The lowest BCUT2D eigenvalue weighted by Gasteiger charge is -2.28. The summed E-state index contributed by atoms with van der Waals surface area (Å²) in [6.45, 7) is 9.95. The Balaban J connectivity index is 1.71. The predicted octanol–water partition coefficient (Wildman–Crippen LogP) is 2.11. The zero-order valence-corrected chi connectivity index (χ0v) is 10.3. The van der Waals surface area contributed by atoms with E-state index >= 15 is 0 Å². The van der Waals surface area contributed by atoms with Crippen molar-refractivity contribution in [2.45, 2.75) is 45.6 Å². The fourth-order valence-corrected chi connectivity index (χ4v) is 2.96. The van der Waals surface area contributed by atoms with Crippen LogP contribution in [-0.2, 0) is 0 Å². The first-order valence-corrected chi connectivity index (χ1v) is 6.71. The van der Waals surface area contributed by atoms with E-state index in [1.807, 2.05) is 0 Å². The van der Waals surface area contributed by atoms with Crippen LogP contribution in [0.15, 0.2) is 0 Å². The van der Waals surface area contributed by atoms with E-state index in [2.05, 4.69) is 24.1 Å². The van der Waals surface area contributed by atoms with Crippen molar-refractivity contribution in [2.75, 3.05) is 26.2 Å². The molecule has 0 aromatic heterocycles. The van der Waals surface area contributed by atoms with E-state index in [4.69, 9.17) is 0 Å². The monoisotopic (exact) mass is 210 g/mol. The van der Waals surface area contributed by atoms with Crippen molar-refractivity contribution >= 4 is 0 Å². The molecule has 2 fully saturated rings. The maximum atomic E-state index is 3.65. The van der Waals surface area contributed by atoms with Gasteiger partial charge in [-0.05, 0) is 44.2 Å². The molecule has 0 saturated carbocycles. The van der Waals surface area contributed by atoms with Crippen LogP contribution >= 0.6 is 0 Å². The summed E-state index contributed by atoms with van der Waals surface area (Å²) in [5.74, 6) is 1.82. The van der Waals surface area contributed by atoms with Gasteiger partial charge in [-0.3, -0.25) is 0 Å². The van der Waals surface area contributed by atoms with Gasteiger partial charge in [-0.1, -0.05) is 20.3 Å². The molecule has 15 heavy (non-hydrogen) atoms. The number of piperidine rings is 1. The highest BCUT2D eigenvalue weighted by Gasteiger charge is 2.26. The van der Waals surface area contributed by atoms with E-state index in [1.54, 1.807) is 0 Å². The van der Waals surface area contributed by atoms with Crippen molar-refractivity contribution in [2.24, 2.45) is 11.8 Å². The highest BCUT2D eigenvalue weighted by molar-refractivity contribution is 4.82. The van der Waals surface area contributed by atoms with E-state index in [9.17, 15) is 0 Å². The summed E-state index contributed by atoms with van der Waals surface area (Å²) < 4.78 is 0. The maximum absolute atomic E-state index is 3.65. The van der Waals surface area contributed by atoms with Crippen molar-refractivity contribution in [3.8, 4) is 0 Å². The minimum absolute atomic E-state index is 0.782. The molecule has 2 aliphatic heterocycles. The first kappa shape index (κ1) is 11.4. The second-order valence-corrected chi connectivity index (χ2v) is 5.70. The summed E-state index contributed by atoms with van der Waals surface area (Å²) in [4.78, 5) is 2.67. The molecule has 0 aromatic carbocycles. The topological polar surface area (TPSA) is 15.3 Å². The van der Waals surface area contributed by atoms with Crippen LogP contribution in [0.25, 0.3) is 0 Å². The Morgan fingerprint density at radius 3 is 2.73 bits per heavy atom. The van der Waals surface area contributed by atoms with Crippen LogP contribution in [0, 0.1) is 11.8 Å². The van der Waals surface area contributed by atoms with Crippen LogP contribution in [0.2, 0.25) is 0 Å². The normalized spacial score (nSPS) is 33.8. The molecular weight excluding hydrogens is 184 g/mol. The molecule has 2 aliphatic rings. The molecule has 0 amide bonds. The molecule has 2 heterocycles. The van der Waals surface area contributed by atoms with Gasteiger partial charge < -0.3 is 10.2 Å². The Kier molecular flexibility index (Phi) is 4.04. The second kappa shape index (κ2) is 5.31. The van der Waals surface area contributed by atoms with E-state index in [0.29, 0.717) is 0 Å². The Hall–Kier alpha value is -0.0800. The molecule has 1 N–H and O–H groups in total. The summed E-state index contributed by atoms with van der Waals surface area (Å²) in [6, 6.07) is 0.782. The largest absolute Gasteiger partial charge is 0.313 e. The molecule has 2 atom stereocenters. The van der Waals surface area contributed by atoms with Crippen LogP contribution in [0.5, 0.6) is 0 Å². The molecule has 0 spiro atoms. The summed E-state index contributed by atoms with van der Waals surface area (Å²) in [5, 5.41) is 3.65. The number of hydrogen-bond donors (Lipinski definition) is 1. The number of rotatable bonds is 3. The average molecular weight is 210 g/mol. The number of nitrogens with zero attached hydrogens (tertiary/aromatic N) is 1. The van der Waals surface area contributed by atoms with Gasteiger partial charge in [0.15, 0.2) is 0 Å². The Bertz CT molecular complexity index is 185. The first-order chi connectivity index (χ1) is 7.25. The zero-order valence-electron chi connectivity index (χ0n) is 10.3. The van der Waals surface area contributed by atoms with Gasteiger partial charge in [-0.25, -0.2) is 0 Å². The van der Waals surface area contributed by atoms with Crippen LogP contribution in [0.1, 0.15) is 39.5 Å². The predicted molar refractivity (Wildman–Crippen MR) is 65.0 cm³/mol. The van der Waals surface area contributed by atoms with Gasteiger partial charge in [0, 0.05) is 19.1 Å². The van der Waals surface area contributed by atoms with E-state index < -0.39 is 0 Å². The third-order valence-electron chi connectivity index (χ3n) is 4.14. The summed E-state index contributed by atoms with van der Waals surface area (Å²) >= 11 is 0. The molecule has 2 unspecified atom stereocenters. The molecule has 88 valence electrons. The Morgan fingerprint density at radius 1 is 1.27 bits per heavy atom. The first-order valence-electron chi connectivity index (χ1n) is 6.71. The molecule has 2 nitrogen and oxygen atoms in total. The lowest BCUT2D eigenvalue weighted by molar-refractivity contribution is 0.248. The zero-order chi connectivity index (χ0) is 10.7. The maximum Gasteiger partial charge on any atom is 0.0195 e. The summed E-state index contributed by atoms with van der Waals surface area (Å²) in [5.41, 5.74) is 0. The summed E-state index contributed by atoms with van der Waals surface area (Å²) in [6.07, 6.45) is 5.62. The van der Waals surface area contributed by atoms with Crippen LogP contribution < -0.4 is 5.32 Å². The third-order valence-corrected chi connectivity index (χ3v) is 4.14. The van der Waals surface area contributed by atoms with Crippen molar-refractivity contribution < 1.29 is 0 Å². The van der Waals surface area contributed by atoms with E-state index in [-0.39, 0.29) is 0 Å². The minimum atomic E-state index is 0.782. The molecule has 0 aliphatic carbocycles. The standard InChI is InChI=1S/C13H26N2/c1-11(2)12-6-8-15(9-12)10-13-5-3-4-7-14-13/h11-14H,3-10H2,1-2H3. The molecule has 2 rings (SSSR count). The van der Waals surface area contributed by atoms with Crippen molar-refractivity contribution in [3.63, 3.8) is 0 Å². The minimum Gasteiger partial charge on any atom is -0.313 e. The number of hydrogen-bond acceptors (Lipinski definition) is 2. The Morgan fingerprint density at radius 2 is 2.13 bits per heavy atom. The van der Waals surface area contributed by atoms with Gasteiger partial charge >= 0.3 is 0 Å². The Labute approximate surface area is 94.4 Å². The highest BCUT2D eigenvalue weighted by atomic mass is 15.2. The fraction of sp³-hybridized carbons (Fsp3) is 1.00. The van der Waals surface area contributed by atoms with Gasteiger partial charge in [0.1, 0.15) is 0 Å². The lowest BCUT2D eigenvalue weighted by Crippen LogP contribution is -2.43. The SMILES string of the molecule is CC(C)C1CCN(CC2CCCCN2)C1. The molecular formula is C13H26N2. The second-order valence-electron chi connectivity index (χ2n) is 5.70. The van der Waals surface area contributed by atoms with E-state index in [0.717, 1.165) is 17.9 Å². The van der Waals surface area contributed by atoms with Crippen LogP contribution in [-0.4, -0.2) is 37.1 Å². The highest BCUT2D eigenvalue weighted by Crippen LogP contribution is 2.24. The number of nitrogens with one attached hydrogen (secondary N) is 1. The third kappa shape index (κ3) is 3.18. The molecule has 2 saturated heterocycles. The van der Waals surface area contributed by atoms with Gasteiger partial charge in [-0.15, -0.1) is 0 Å². The van der Waals surface area contributed by atoms with Crippen LogP contribution in [0.3, 0.4) is 0 Å². The smallest absolute Gasteiger partial charge is 0.0195 e.